The molecule has 2 aromatic rings. The Morgan fingerprint density at radius 3 is 2.86 bits per heavy atom. The first-order chi connectivity index (χ1) is 10.1. The van der Waals surface area contributed by atoms with Crippen molar-refractivity contribution < 1.29 is 9.34 Å². The Balaban J connectivity index is 2.16. The van der Waals surface area contributed by atoms with Gasteiger partial charge in [0.2, 0.25) is 5.89 Å². The normalized spacial score (nSPS) is 10.6. The van der Waals surface area contributed by atoms with Crippen LogP contribution in [0.3, 0.4) is 0 Å². The lowest BCUT2D eigenvalue weighted by molar-refractivity contribution is -0.384. The lowest BCUT2D eigenvalue weighted by Crippen LogP contribution is -2.03. The van der Waals surface area contributed by atoms with Crippen molar-refractivity contribution in [3.63, 3.8) is 0 Å². The maximum Gasteiger partial charge on any atom is 0.276 e. The lowest BCUT2D eigenvalue weighted by atomic mass is 10.1. The average molecular weight is 308 g/mol. The van der Waals surface area contributed by atoms with Crippen LogP contribution < -0.4 is 5.32 Å². The summed E-state index contributed by atoms with van der Waals surface area (Å²) in [6, 6.07) is 4.82. The van der Waals surface area contributed by atoms with E-state index in [1.807, 2.05) is 0 Å². The van der Waals surface area contributed by atoms with Crippen molar-refractivity contribution in [2.24, 2.45) is 0 Å². The van der Waals surface area contributed by atoms with Crippen LogP contribution in [0.1, 0.15) is 24.8 Å². The van der Waals surface area contributed by atoms with Crippen molar-refractivity contribution in [2.75, 3.05) is 11.9 Å². The molecule has 1 aromatic carbocycles. The van der Waals surface area contributed by atoms with E-state index in [4.69, 9.17) is 4.42 Å². The van der Waals surface area contributed by atoms with Crippen LogP contribution in [0.5, 0.6) is 0 Å². The van der Waals surface area contributed by atoms with Crippen LogP contribution in [-0.4, -0.2) is 21.7 Å². The highest BCUT2D eigenvalue weighted by Crippen LogP contribution is 2.29. The zero-order valence-corrected chi connectivity index (χ0v) is 12.6. The lowest BCUT2D eigenvalue weighted by Gasteiger charge is -2.10. The summed E-state index contributed by atoms with van der Waals surface area (Å²) in [4.78, 5) is 10.5. The molecule has 8 heteroatoms. The van der Waals surface area contributed by atoms with Crippen LogP contribution in [0.2, 0.25) is 0 Å². The molecule has 7 nitrogen and oxygen atoms in total. The molecule has 21 heavy (non-hydrogen) atoms. The molecule has 1 N–H and O–H groups in total. The van der Waals surface area contributed by atoms with E-state index in [1.54, 1.807) is 19.1 Å². The molecular formula is C13H16N4O3S. The number of anilines is 1. The van der Waals surface area contributed by atoms with Gasteiger partial charge in [-0.05, 0) is 18.1 Å². The quantitative estimate of drug-likeness (QED) is 0.476. The number of nitro benzene ring substituents is 1. The van der Waals surface area contributed by atoms with Crippen molar-refractivity contribution in [3.05, 3.63) is 39.8 Å². The molecule has 0 saturated heterocycles. The molecule has 0 radical (unpaired) electrons. The van der Waals surface area contributed by atoms with E-state index in [0.29, 0.717) is 16.9 Å². The van der Waals surface area contributed by atoms with Gasteiger partial charge >= 0.3 is 0 Å². The van der Waals surface area contributed by atoms with Crippen LogP contribution >= 0.6 is 11.8 Å². The fourth-order valence-electron chi connectivity index (χ4n) is 1.72. The molecule has 1 heterocycles. The molecule has 1 aromatic heterocycles. The third-order valence-corrected chi connectivity index (χ3v) is 3.59. The first kappa shape index (κ1) is 15.3. The number of hydrogen-bond acceptors (Lipinski definition) is 7. The molecule has 0 atom stereocenters. The largest absolute Gasteiger partial charge is 0.416 e. The zero-order chi connectivity index (χ0) is 15.2. The van der Waals surface area contributed by atoms with Gasteiger partial charge in [-0.25, -0.2) is 0 Å². The Labute approximate surface area is 126 Å². The van der Waals surface area contributed by atoms with Gasteiger partial charge in [-0.3, -0.25) is 10.1 Å². The number of nitrogens with one attached hydrogen (secondary N) is 1. The highest BCUT2D eigenvalue weighted by molar-refractivity contribution is 7.98. The van der Waals surface area contributed by atoms with Crippen molar-refractivity contribution in [1.29, 1.82) is 0 Å². The summed E-state index contributed by atoms with van der Waals surface area (Å²) in [6.07, 6.45) is 0.979. The van der Waals surface area contributed by atoms with Gasteiger partial charge in [0.15, 0.2) is 0 Å². The molecule has 0 unspecified atom stereocenters. The summed E-state index contributed by atoms with van der Waals surface area (Å²) in [5.74, 6) is 1.02. The minimum absolute atomic E-state index is 0.0781. The number of hydrogen-bond donors (Lipinski definition) is 1. The monoisotopic (exact) mass is 308 g/mol. The topological polar surface area (TPSA) is 94.1 Å². The summed E-state index contributed by atoms with van der Waals surface area (Å²) in [6.45, 7) is 4.60. The van der Waals surface area contributed by atoms with Crippen LogP contribution in [0, 0.1) is 17.0 Å². The Morgan fingerprint density at radius 2 is 2.24 bits per heavy atom. The van der Waals surface area contributed by atoms with Gasteiger partial charge in [0, 0.05) is 37.0 Å². The van der Waals surface area contributed by atoms with E-state index in [9.17, 15) is 10.1 Å². The SMILES string of the molecule is CCCNc1ccc([N+](=O)[O-])cc1CSc1nnc(C)o1. The van der Waals surface area contributed by atoms with E-state index in [1.165, 1.54) is 17.8 Å². The molecular weight excluding hydrogens is 292 g/mol. The molecule has 0 bridgehead atoms. The number of nitro groups is 1. The smallest absolute Gasteiger partial charge is 0.276 e. The predicted molar refractivity (Wildman–Crippen MR) is 80.5 cm³/mol. The van der Waals surface area contributed by atoms with Gasteiger partial charge in [-0.1, -0.05) is 18.7 Å². The summed E-state index contributed by atoms with van der Waals surface area (Å²) in [7, 11) is 0. The third kappa shape index (κ3) is 4.19. The second kappa shape index (κ2) is 7.07. The van der Waals surface area contributed by atoms with E-state index in [0.717, 1.165) is 24.2 Å². The van der Waals surface area contributed by atoms with E-state index >= 15 is 0 Å². The Hall–Kier alpha value is -2.09. The summed E-state index contributed by atoms with van der Waals surface area (Å²) in [5, 5.41) is 22.3. The minimum atomic E-state index is -0.394. The molecule has 0 aliphatic rings. The van der Waals surface area contributed by atoms with Crippen molar-refractivity contribution in [2.45, 2.75) is 31.2 Å². The highest BCUT2D eigenvalue weighted by Gasteiger charge is 2.12. The van der Waals surface area contributed by atoms with Crippen LogP contribution in [0.15, 0.2) is 27.8 Å². The molecule has 2 rings (SSSR count). The third-order valence-electron chi connectivity index (χ3n) is 2.72. The van der Waals surface area contributed by atoms with Crippen molar-refractivity contribution in [1.82, 2.24) is 10.2 Å². The first-order valence-corrected chi connectivity index (χ1v) is 7.52. The highest BCUT2D eigenvalue weighted by atomic mass is 32.2. The van der Waals surface area contributed by atoms with E-state index in [-0.39, 0.29) is 5.69 Å². The molecule has 0 fully saturated rings. The zero-order valence-electron chi connectivity index (χ0n) is 11.8. The van der Waals surface area contributed by atoms with E-state index in [2.05, 4.69) is 22.4 Å². The number of aryl methyl sites for hydroxylation is 1. The number of benzene rings is 1. The molecule has 112 valence electrons. The van der Waals surface area contributed by atoms with Crippen LogP contribution in [0.25, 0.3) is 0 Å². The van der Waals surface area contributed by atoms with Crippen molar-refractivity contribution in [3.8, 4) is 0 Å². The number of nitrogens with zero attached hydrogens (tertiary/aromatic N) is 3. The van der Waals surface area contributed by atoms with Gasteiger partial charge in [0.25, 0.3) is 10.9 Å². The fraction of sp³-hybridized carbons (Fsp3) is 0.385. The number of aromatic nitrogens is 2. The molecule has 0 spiro atoms. The first-order valence-electron chi connectivity index (χ1n) is 6.54. The molecule has 0 aliphatic heterocycles. The summed E-state index contributed by atoms with van der Waals surface area (Å²) < 4.78 is 5.29. The second-order valence-electron chi connectivity index (χ2n) is 4.40. The molecule has 0 amide bonds. The van der Waals surface area contributed by atoms with Gasteiger partial charge in [-0.15, -0.1) is 10.2 Å². The summed E-state index contributed by atoms with van der Waals surface area (Å²) >= 11 is 1.36. The second-order valence-corrected chi connectivity index (χ2v) is 5.33. The standard InChI is InChI=1S/C13H16N4O3S/c1-3-6-14-12-5-4-11(17(18)19)7-10(12)8-21-13-16-15-9(2)20-13/h4-5,7,14H,3,6,8H2,1-2H3. The van der Waals surface area contributed by atoms with Crippen LogP contribution in [0.4, 0.5) is 11.4 Å². The minimum Gasteiger partial charge on any atom is -0.416 e. The molecule has 0 saturated carbocycles. The van der Waals surface area contributed by atoms with Gasteiger partial charge in [-0.2, -0.15) is 0 Å². The Morgan fingerprint density at radius 1 is 1.43 bits per heavy atom. The number of non-ortho nitro benzene ring substituents is 1. The predicted octanol–water partition coefficient (Wildman–Crippen LogP) is 3.40. The Bertz CT molecular complexity index is 630. The maximum atomic E-state index is 10.9. The van der Waals surface area contributed by atoms with Gasteiger partial charge < -0.3 is 9.73 Å². The van der Waals surface area contributed by atoms with Gasteiger partial charge in [0.1, 0.15) is 0 Å². The molecule has 0 aliphatic carbocycles. The van der Waals surface area contributed by atoms with Crippen LogP contribution in [-0.2, 0) is 5.75 Å². The number of rotatable bonds is 7. The van der Waals surface area contributed by atoms with E-state index < -0.39 is 4.92 Å². The number of thioether (sulfide) groups is 1. The van der Waals surface area contributed by atoms with Crippen molar-refractivity contribution >= 4 is 23.1 Å². The Kier molecular flexibility index (Phi) is 5.15. The summed E-state index contributed by atoms with van der Waals surface area (Å²) in [5.41, 5.74) is 1.82. The average Bonchev–Trinajstić information content (AvgIpc) is 2.88. The maximum absolute atomic E-state index is 10.9. The van der Waals surface area contributed by atoms with Gasteiger partial charge in [0.05, 0.1) is 4.92 Å². The fourth-order valence-corrected chi connectivity index (χ4v) is 2.52.